The third-order valence-electron chi connectivity index (χ3n) is 4.59. The van der Waals surface area contributed by atoms with Crippen LogP contribution in [0.2, 0.25) is 0 Å². The molecule has 0 aromatic heterocycles. The first kappa shape index (κ1) is 19.0. The fourth-order valence-electron chi connectivity index (χ4n) is 3.17. The van der Waals surface area contributed by atoms with Crippen LogP contribution in [-0.4, -0.2) is 17.6 Å². The van der Waals surface area contributed by atoms with Gasteiger partial charge in [0.15, 0.2) is 0 Å². The molecule has 4 nitrogen and oxygen atoms in total. The average Bonchev–Trinajstić information content (AvgIpc) is 2.60. The Labute approximate surface area is 150 Å². The molecule has 0 N–H and O–H groups in total. The van der Waals surface area contributed by atoms with Crippen LogP contribution in [0.1, 0.15) is 62.6 Å². The Bertz CT molecular complexity index is 677. The van der Waals surface area contributed by atoms with Gasteiger partial charge in [0, 0.05) is 11.3 Å². The van der Waals surface area contributed by atoms with Gasteiger partial charge >= 0.3 is 0 Å². The van der Waals surface area contributed by atoms with E-state index in [4.69, 9.17) is 4.74 Å². The molecular weight excluding hydrogens is 314 g/mol. The Kier molecular flexibility index (Phi) is 6.57. The molecule has 2 aromatic rings. The van der Waals surface area contributed by atoms with E-state index >= 15 is 0 Å². The zero-order valence-electron chi connectivity index (χ0n) is 15.4. The first-order valence-electron chi connectivity index (χ1n) is 8.94. The molecule has 0 radical (unpaired) electrons. The van der Waals surface area contributed by atoms with Crippen LogP contribution in [0.3, 0.4) is 0 Å². The van der Waals surface area contributed by atoms with Gasteiger partial charge in [-0.15, -0.1) is 0 Å². The SMILES string of the molecule is CCOc1ccc(C(c2ccc(C(C)C)cc2)C(CC)[N+](=O)[O-])cc1. The second kappa shape index (κ2) is 8.65. The smallest absolute Gasteiger partial charge is 0.223 e. The van der Waals surface area contributed by atoms with Crippen molar-refractivity contribution in [3.63, 3.8) is 0 Å². The third-order valence-corrected chi connectivity index (χ3v) is 4.59. The first-order valence-corrected chi connectivity index (χ1v) is 8.94. The van der Waals surface area contributed by atoms with Crippen molar-refractivity contribution in [3.8, 4) is 5.75 Å². The first-order chi connectivity index (χ1) is 12.0. The van der Waals surface area contributed by atoms with Gasteiger partial charge in [-0.05, 0) is 41.7 Å². The van der Waals surface area contributed by atoms with Crippen molar-refractivity contribution >= 4 is 0 Å². The van der Waals surface area contributed by atoms with Crippen LogP contribution < -0.4 is 4.74 Å². The zero-order chi connectivity index (χ0) is 18.4. The van der Waals surface area contributed by atoms with Gasteiger partial charge in [-0.25, -0.2) is 0 Å². The second-order valence-corrected chi connectivity index (χ2v) is 6.56. The van der Waals surface area contributed by atoms with Gasteiger partial charge in [0.25, 0.3) is 0 Å². The lowest BCUT2D eigenvalue weighted by Gasteiger charge is -2.22. The summed E-state index contributed by atoms with van der Waals surface area (Å²) < 4.78 is 5.49. The summed E-state index contributed by atoms with van der Waals surface area (Å²) in [6, 6.07) is 15.2. The molecule has 0 aliphatic heterocycles. The quantitative estimate of drug-likeness (QED) is 0.477. The summed E-state index contributed by atoms with van der Waals surface area (Å²) in [4.78, 5) is 11.5. The maximum Gasteiger partial charge on any atom is 0.223 e. The minimum atomic E-state index is -0.650. The Hall–Kier alpha value is -2.36. The van der Waals surface area contributed by atoms with Gasteiger partial charge < -0.3 is 4.74 Å². The Balaban J connectivity index is 2.43. The van der Waals surface area contributed by atoms with Crippen LogP contribution >= 0.6 is 0 Å². The van der Waals surface area contributed by atoms with E-state index in [1.165, 1.54) is 5.56 Å². The molecular formula is C21H27NO3. The molecule has 0 aliphatic carbocycles. The monoisotopic (exact) mass is 341 g/mol. The van der Waals surface area contributed by atoms with E-state index in [-0.39, 0.29) is 10.8 Å². The Morgan fingerprint density at radius 3 is 1.80 bits per heavy atom. The van der Waals surface area contributed by atoms with Gasteiger partial charge in [0.1, 0.15) is 5.75 Å². The fraction of sp³-hybridized carbons (Fsp3) is 0.429. The lowest BCUT2D eigenvalue weighted by Crippen LogP contribution is -2.27. The summed E-state index contributed by atoms with van der Waals surface area (Å²) in [7, 11) is 0. The molecule has 0 amide bonds. The van der Waals surface area contributed by atoms with Crippen LogP contribution in [0.25, 0.3) is 0 Å². The fourth-order valence-corrected chi connectivity index (χ4v) is 3.17. The highest BCUT2D eigenvalue weighted by molar-refractivity contribution is 5.38. The van der Waals surface area contributed by atoms with Gasteiger partial charge in [-0.1, -0.05) is 57.2 Å². The van der Waals surface area contributed by atoms with Gasteiger partial charge in [-0.3, -0.25) is 10.1 Å². The number of rotatable bonds is 8. The van der Waals surface area contributed by atoms with Crippen LogP contribution in [0.15, 0.2) is 48.5 Å². The lowest BCUT2D eigenvalue weighted by atomic mass is 9.83. The highest BCUT2D eigenvalue weighted by Crippen LogP contribution is 2.33. The maximum atomic E-state index is 11.6. The molecule has 2 atom stereocenters. The van der Waals surface area contributed by atoms with E-state index in [0.717, 1.165) is 16.9 Å². The van der Waals surface area contributed by atoms with Gasteiger partial charge in [-0.2, -0.15) is 0 Å². The number of nitro groups is 1. The number of ether oxygens (including phenoxy) is 1. The molecule has 4 heteroatoms. The molecule has 25 heavy (non-hydrogen) atoms. The van der Waals surface area contributed by atoms with E-state index in [2.05, 4.69) is 26.0 Å². The van der Waals surface area contributed by atoms with E-state index in [1.807, 2.05) is 50.2 Å². The molecule has 2 rings (SSSR count). The minimum absolute atomic E-state index is 0.155. The number of hydrogen-bond donors (Lipinski definition) is 0. The van der Waals surface area contributed by atoms with Crippen molar-refractivity contribution in [3.05, 3.63) is 75.3 Å². The van der Waals surface area contributed by atoms with Crippen molar-refractivity contribution in [2.24, 2.45) is 0 Å². The molecule has 2 unspecified atom stereocenters. The number of hydrogen-bond acceptors (Lipinski definition) is 3. The third kappa shape index (κ3) is 4.59. The van der Waals surface area contributed by atoms with Crippen molar-refractivity contribution < 1.29 is 9.66 Å². The molecule has 134 valence electrons. The molecule has 0 bridgehead atoms. The Morgan fingerprint density at radius 1 is 0.920 bits per heavy atom. The summed E-state index contributed by atoms with van der Waals surface area (Å²) in [5.74, 6) is 0.960. The molecule has 0 saturated carbocycles. The summed E-state index contributed by atoms with van der Waals surface area (Å²) in [6.45, 7) is 8.70. The van der Waals surface area contributed by atoms with Gasteiger partial charge in [0.2, 0.25) is 6.04 Å². The summed E-state index contributed by atoms with van der Waals surface area (Å²) in [6.07, 6.45) is 0.483. The molecule has 2 aromatic carbocycles. The molecule has 0 aliphatic rings. The molecule has 0 heterocycles. The van der Waals surface area contributed by atoms with Gasteiger partial charge in [0.05, 0.1) is 12.5 Å². The molecule has 0 saturated heterocycles. The normalized spacial score (nSPS) is 13.5. The average molecular weight is 341 g/mol. The predicted molar refractivity (Wildman–Crippen MR) is 101 cm³/mol. The predicted octanol–water partition coefficient (Wildman–Crippen LogP) is 5.40. The number of nitrogens with zero attached hydrogens (tertiary/aromatic N) is 1. The highest BCUT2D eigenvalue weighted by atomic mass is 16.6. The molecule has 0 fully saturated rings. The van der Waals surface area contributed by atoms with E-state index in [0.29, 0.717) is 18.9 Å². The van der Waals surface area contributed by atoms with E-state index < -0.39 is 6.04 Å². The van der Waals surface area contributed by atoms with Crippen LogP contribution in [0.5, 0.6) is 5.75 Å². The minimum Gasteiger partial charge on any atom is -0.494 e. The largest absolute Gasteiger partial charge is 0.494 e. The van der Waals surface area contributed by atoms with E-state index in [9.17, 15) is 10.1 Å². The highest BCUT2D eigenvalue weighted by Gasteiger charge is 2.32. The van der Waals surface area contributed by atoms with Crippen molar-refractivity contribution in [2.45, 2.75) is 52.0 Å². The van der Waals surface area contributed by atoms with Crippen LogP contribution in [0, 0.1) is 10.1 Å². The zero-order valence-corrected chi connectivity index (χ0v) is 15.4. The van der Waals surface area contributed by atoms with Crippen LogP contribution in [-0.2, 0) is 0 Å². The summed E-state index contributed by atoms with van der Waals surface area (Å²) >= 11 is 0. The standard InChI is InChI=1S/C21H27NO3/c1-5-20(22(23)24)21(17-9-7-16(8-10-17)15(3)4)18-11-13-19(14-12-18)25-6-2/h7-15,20-21H,5-6H2,1-4H3. The summed E-state index contributed by atoms with van der Waals surface area (Å²) in [5, 5.41) is 11.6. The second-order valence-electron chi connectivity index (χ2n) is 6.56. The number of benzene rings is 2. The molecule has 0 spiro atoms. The van der Waals surface area contributed by atoms with Crippen molar-refractivity contribution in [1.82, 2.24) is 0 Å². The summed E-state index contributed by atoms with van der Waals surface area (Å²) in [5.41, 5.74) is 3.17. The van der Waals surface area contributed by atoms with Crippen molar-refractivity contribution in [1.29, 1.82) is 0 Å². The van der Waals surface area contributed by atoms with Crippen molar-refractivity contribution in [2.75, 3.05) is 6.61 Å². The van der Waals surface area contributed by atoms with Crippen LogP contribution in [0.4, 0.5) is 0 Å². The Morgan fingerprint density at radius 2 is 1.40 bits per heavy atom. The topological polar surface area (TPSA) is 52.4 Å². The maximum absolute atomic E-state index is 11.6. The van der Waals surface area contributed by atoms with E-state index in [1.54, 1.807) is 0 Å². The lowest BCUT2D eigenvalue weighted by molar-refractivity contribution is -0.525.